The van der Waals surface area contributed by atoms with E-state index in [-0.39, 0.29) is 0 Å². The molecule has 1 heterocycles. The zero-order chi connectivity index (χ0) is 11.5. The summed E-state index contributed by atoms with van der Waals surface area (Å²) in [6.45, 7) is 3.81. The molecular weight excluding hydrogens is 334 g/mol. The maximum Gasteiger partial charge on any atom is 0.0631 e. The van der Waals surface area contributed by atoms with E-state index in [1.165, 1.54) is 5.56 Å². The number of hydrogen-bond donors (Lipinski definition) is 1. The van der Waals surface area contributed by atoms with Gasteiger partial charge in [0, 0.05) is 28.2 Å². The Morgan fingerprint density at radius 3 is 2.31 bits per heavy atom. The summed E-state index contributed by atoms with van der Waals surface area (Å²) in [5, 5.41) is 3.57. The van der Waals surface area contributed by atoms with E-state index in [1.54, 1.807) is 0 Å². The highest BCUT2D eigenvalue weighted by molar-refractivity contribution is 9.11. The maximum absolute atomic E-state index is 5.35. The second-order valence-corrected chi connectivity index (χ2v) is 5.84. The van der Waals surface area contributed by atoms with Gasteiger partial charge in [0.15, 0.2) is 0 Å². The van der Waals surface area contributed by atoms with E-state index in [9.17, 15) is 0 Å². The van der Waals surface area contributed by atoms with Crippen LogP contribution >= 0.6 is 31.9 Å². The quantitative estimate of drug-likeness (QED) is 0.868. The molecule has 1 aromatic rings. The molecule has 0 spiro atoms. The molecule has 1 aliphatic heterocycles. The van der Waals surface area contributed by atoms with Crippen molar-refractivity contribution in [1.82, 2.24) is 0 Å². The van der Waals surface area contributed by atoms with Gasteiger partial charge in [0.2, 0.25) is 0 Å². The van der Waals surface area contributed by atoms with Crippen molar-refractivity contribution in [2.75, 3.05) is 18.5 Å². The van der Waals surface area contributed by atoms with E-state index in [4.69, 9.17) is 4.74 Å². The van der Waals surface area contributed by atoms with Crippen molar-refractivity contribution >= 4 is 37.5 Å². The minimum atomic E-state index is 0.518. The molecule has 0 aliphatic carbocycles. The highest BCUT2D eigenvalue weighted by Gasteiger charge is 2.16. The number of hydrogen-bond acceptors (Lipinski definition) is 2. The van der Waals surface area contributed by atoms with Crippen molar-refractivity contribution < 1.29 is 4.74 Å². The lowest BCUT2D eigenvalue weighted by Crippen LogP contribution is -2.28. The van der Waals surface area contributed by atoms with Crippen LogP contribution in [0.25, 0.3) is 0 Å². The number of rotatable bonds is 2. The number of ether oxygens (including phenoxy) is 1. The second kappa shape index (κ2) is 5.52. The Balaban J connectivity index is 2.14. The smallest absolute Gasteiger partial charge is 0.0631 e. The number of aryl methyl sites for hydroxylation is 1. The van der Waals surface area contributed by atoms with Gasteiger partial charge < -0.3 is 10.1 Å². The first-order valence-corrected chi connectivity index (χ1v) is 7.05. The molecule has 0 saturated carbocycles. The summed E-state index contributed by atoms with van der Waals surface area (Å²) < 4.78 is 7.59. The molecule has 2 nitrogen and oxygen atoms in total. The average molecular weight is 349 g/mol. The number of nitrogens with one attached hydrogen (secondary N) is 1. The summed E-state index contributed by atoms with van der Waals surface area (Å²) in [7, 11) is 0. The zero-order valence-electron chi connectivity index (χ0n) is 9.22. The molecule has 88 valence electrons. The first-order chi connectivity index (χ1) is 7.66. The van der Waals surface area contributed by atoms with E-state index in [0.717, 1.165) is 40.7 Å². The minimum absolute atomic E-state index is 0.518. The van der Waals surface area contributed by atoms with Crippen molar-refractivity contribution in [3.63, 3.8) is 0 Å². The Morgan fingerprint density at radius 1 is 1.19 bits per heavy atom. The number of halogens is 2. The van der Waals surface area contributed by atoms with Crippen LogP contribution in [0.1, 0.15) is 18.4 Å². The van der Waals surface area contributed by atoms with Crippen LogP contribution in [-0.2, 0) is 4.74 Å². The van der Waals surface area contributed by atoms with Gasteiger partial charge in [-0.25, -0.2) is 0 Å². The number of anilines is 1. The molecule has 0 atom stereocenters. The summed E-state index contributed by atoms with van der Waals surface area (Å²) in [4.78, 5) is 0. The molecule has 1 saturated heterocycles. The van der Waals surface area contributed by atoms with Crippen LogP contribution in [0.5, 0.6) is 0 Å². The minimum Gasteiger partial charge on any atom is -0.381 e. The molecule has 4 heteroatoms. The fourth-order valence-electron chi connectivity index (χ4n) is 1.88. The van der Waals surface area contributed by atoms with Crippen LogP contribution in [0.2, 0.25) is 0 Å². The van der Waals surface area contributed by atoms with Gasteiger partial charge in [-0.05, 0) is 69.3 Å². The fraction of sp³-hybridized carbons (Fsp3) is 0.500. The fourth-order valence-corrected chi connectivity index (χ4v) is 3.53. The Hall–Kier alpha value is -0.0600. The lowest BCUT2D eigenvalue weighted by Gasteiger charge is -2.25. The third kappa shape index (κ3) is 2.99. The molecule has 0 aromatic heterocycles. The molecule has 0 amide bonds. The van der Waals surface area contributed by atoms with E-state index in [0.29, 0.717) is 6.04 Å². The molecule has 1 fully saturated rings. The molecule has 1 N–H and O–H groups in total. The lowest BCUT2D eigenvalue weighted by molar-refractivity contribution is 0.0904. The van der Waals surface area contributed by atoms with Gasteiger partial charge in [-0.1, -0.05) is 0 Å². The summed E-state index contributed by atoms with van der Waals surface area (Å²) in [5.41, 5.74) is 2.40. The Morgan fingerprint density at radius 2 is 1.75 bits per heavy atom. The van der Waals surface area contributed by atoms with Crippen LogP contribution in [0.15, 0.2) is 21.1 Å². The summed E-state index contributed by atoms with van der Waals surface area (Å²) >= 11 is 7.20. The summed E-state index contributed by atoms with van der Waals surface area (Å²) in [5.74, 6) is 0. The Labute approximate surface area is 113 Å². The monoisotopic (exact) mass is 347 g/mol. The third-order valence-corrected chi connectivity index (χ3v) is 4.01. The summed E-state index contributed by atoms with van der Waals surface area (Å²) in [6, 6.07) is 4.78. The van der Waals surface area contributed by atoms with E-state index < -0.39 is 0 Å². The van der Waals surface area contributed by atoms with Crippen LogP contribution in [-0.4, -0.2) is 19.3 Å². The van der Waals surface area contributed by atoms with Crippen molar-refractivity contribution in [2.45, 2.75) is 25.8 Å². The molecule has 16 heavy (non-hydrogen) atoms. The van der Waals surface area contributed by atoms with Gasteiger partial charge >= 0.3 is 0 Å². The Bertz CT molecular complexity index is 352. The van der Waals surface area contributed by atoms with E-state index >= 15 is 0 Å². The molecule has 0 bridgehead atoms. The van der Waals surface area contributed by atoms with Gasteiger partial charge in [-0.3, -0.25) is 0 Å². The van der Waals surface area contributed by atoms with Gasteiger partial charge in [0.05, 0.1) is 5.69 Å². The van der Waals surface area contributed by atoms with Crippen LogP contribution in [0.4, 0.5) is 5.69 Å². The topological polar surface area (TPSA) is 21.3 Å². The highest BCUT2D eigenvalue weighted by atomic mass is 79.9. The van der Waals surface area contributed by atoms with E-state index in [2.05, 4.69) is 56.2 Å². The standard InChI is InChI=1S/C12H15Br2NO/c1-8-6-10(13)12(11(14)7-8)15-9-2-4-16-5-3-9/h6-7,9,15H,2-5H2,1H3. The van der Waals surface area contributed by atoms with Crippen molar-refractivity contribution in [1.29, 1.82) is 0 Å². The molecule has 0 unspecified atom stereocenters. The zero-order valence-corrected chi connectivity index (χ0v) is 12.4. The van der Waals surface area contributed by atoms with Crippen LogP contribution in [0, 0.1) is 6.92 Å². The van der Waals surface area contributed by atoms with Gasteiger partial charge in [0.1, 0.15) is 0 Å². The lowest BCUT2D eigenvalue weighted by atomic mass is 10.1. The molecule has 0 radical (unpaired) electrons. The van der Waals surface area contributed by atoms with Crippen molar-refractivity contribution in [3.05, 3.63) is 26.6 Å². The van der Waals surface area contributed by atoms with Crippen LogP contribution < -0.4 is 5.32 Å². The Kier molecular flexibility index (Phi) is 4.27. The van der Waals surface area contributed by atoms with Gasteiger partial charge in [0.25, 0.3) is 0 Å². The maximum atomic E-state index is 5.35. The predicted molar refractivity (Wildman–Crippen MR) is 74.0 cm³/mol. The molecule has 1 aromatic carbocycles. The number of benzene rings is 1. The van der Waals surface area contributed by atoms with Gasteiger partial charge in [-0.15, -0.1) is 0 Å². The molecule has 1 aliphatic rings. The molecule has 2 rings (SSSR count). The molecular formula is C12H15Br2NO. The van der Waals surface area contributed by atoms with Crippen molar-refractivity contribution in [3.8, 4) is 0 Å². The van der Waals surface area contributed by atoms with Crippen LogP contribution in [0.3, 0.4) is 0 Å². The van der Waals surface area contributed by atoms with Crippen molar-refractivity contribution in [2.24, 2.45) is 0 Å². The third-order valence-electron chi connectivity index (χ3n) is 2.76. The van der Waals surface area contributed by atoms with Gasteiger partial charge in [-0.2, -0.15) is 0 Å². The van der Waals surface area contributed by atoms with E-state index in [1.807, 2.05) is 0 Å². The predicted octanol–water partition coefficient (Wildman–Crippen LogP) is 4.11. The first-order valence-electron chi connectivity index (χ1n) is 5.47. The largest absolute Gasteiger partial charge is 0.381 e. The SMILES string of the molecule is Cc1cc(Br)c(NC2CCOCC2)c(Br)c1. The summed E-state index contributed by atoms with van der Waals surface area (Å²) in [6.07, 6.45) is 2.15. The average Bonchev–Trinajstić information content (AvgIpc) is 2.25. The highest BCUT2D eigenvalue weighted by Crippen LogP contribution is 2.33. The normalized spacial score (nSPS) is 17.4. The second-order valence-electron chi connectivity index (χ2n) is 4.13. The first kappa shape index (κ1) is 12.4.